The van der Waals surface area contributed by atoms with Gasteiger partial charge in [-0.1, -0.05) is 24.5 Å². The zero-order valence-electron chi connectivity index (χ0n) is 18.0. The highest BCUT2D eigenvalue weighted by molar-refractivity contribution is 5.78. The van der Waals surface area contributed by atoms with Gasteiger partial charge in [0.25, 0.3) is 0 Å². The van der Waals surface area contributed by atoms with Crippen LogP contribution in [0.5, 0.6) is 0 Å². The number of rotatable bonds is 5. The van der Waals surface area contributed by atoms with Crippen molar-refractivity contribution in [2.45, 2.75) is 62.7 Å². The molecule has 3 fully saturated rings. The van der Waals surface area contributed by atoms with E-state index in [1.807, 2.05) is 34.8 Å². The summed E-state index contributed by atoms with van der Waals surface area (Å²) in [5, 5.41) is 19.8. The van der Waals surface area contributed by atoms with E-state index in [9.17, 15) is 9.90 Å². The van der Waals surface area contributed by atoms with Crippen molar-refractivity contribution in [3.8, 4) is 0 Å². The topological polar surface area (TPSA) is 83.7 Å². The number of carbonyl (C=O) groups excluding carboxylic acids is 1. The number of aromatic nitrogens is 3. The van der Waals surface area contributed by atoms with E-state index < -0.39 is 5.60 Å². The van der Waals surface area contributed by atoms with E-state index in [0.29, 0.717) is 24.1 Å². The van der Waals surface area contributed by atoms with E-state index in [-0.39, 0.29) is 18.1 Å². The number of aliphatic hydroxyl groups is 1. The fourth-order valence-corrected chi connectivity index (χ4v) is 5.54. The number of carbonyl (C=O) groups is 1. The summed E-state index contributed by atoms with van der Waals surface area (Å²) in [6, 6.07) is 0.0959. The first kappa shape index (κ1) is 20.8. The Bertz CT molecular complexity index is 715. The molecule has 1 aliphatic heterocycles. The van der Waals surface area contributed by atoms with E-state index in [0.717, 1.165) is 51.6 Å². The first-order valence-electron chi connectivity index (χ1n) is 11.0. The molecule has 3 aliphatic rings. The lowest BCUT2D eigenvalue weighted by molar-refractivity contribution is -0.131. The third kappa shape index (κ3) is 4.20. The summed E-state index contributed by atoms with van der Waals surface area (Å²) >= 11 is 0. The molecule has 1 N–H and O–H groups in total. The van der Waals surface area contributed by atoms with Gasteiger partial charge >= 0.3 is 0 Å². The molecule has 29 heavy (non-hydrogen) atoms. The normalized spacial score (nSPS) is 31.8. The van der Waals surface area contributed by atoms with Crippen molar-refractivity contribution in [2.24, 2.45) is 11.8 Å². The minimum absolute atomic E-state index is 0.0516. The molecule has 0 radical (unpaired) electrons. The van der Waals surface area contributed by atoms with Gasteiger partial charge in [0.15, 0.2) is 0 Å². The van der Waals surface area contributed by atoms with Crippen LogP contribution in [0.4, 0.5) is 0 Å². The molecule has 0 aromatic carbocycles. The van der Waals surface area contributed by atoms with Crippen molar-refractivity contribution in [3.63, 3.8) is 0 Å². The Morgan fingerprint density at radius 2 is 1.93 bits per heavy atom. The van der Waals surface area contributed by atoms with Gasteiger partial charge in [0.1, 0.15) is 11.3 Å². The molecule has 0 unspecified atom stereocenters. The van der Waals surface area contributed by atoms with Crippen molar-refractivity contribution < 1.29 is 14.6 Å². The number of likely N-dealkylation sites (N-methyl/N-ethyl adjacent to an activating group) is 1. The van der Waals surface area contributed by atoms with Gasteiger partial charge in [-0.2, -0.15) is 0 Å². The van der Waals surface area contributed by atoms with Crippen molar-refractivity contribution in [1.29, 1.82) is 0 Å². The molecule has 8 nitrogen and oxygen atoms in total. The van der Waals surface area contributed by atoms with Crippen molar-refractivity contribution >= 4 is 5.91 Å². The molecule has 8 heteroatoms. The van der Waals surface area contributed by atoms with Crippen molar-refractivity contribution in [1.82, 2.24) is 24.8 Å². The zero-order chi connectivity index (χ0) is 20.6. The Labute approximate surface area is 173 Å². The average molecular weight is 406 g/mol. The van der Waals surface area contributed by atoms with Crippen LogP contribution in [0.15, 0.2) is 6.20 Å². The predicted molar refractivity (Wildman–Crippen MR) is 108 cm³/mol. The highest BCUT2D eigenvalue weighted by atomic mass is 16.5. The maximum Gasteiger partial charge on any atom is 0.236 e. The highest BCUT2D eigenvalue weighted by Gasteiger charge is 2.45. The summed E-state index contributed by atoms with van der Waals surface area (Å²) in [6.45, 7) is 2.10. The summed E-state index contributed by atoms with van der Waals surface area (Å²) in [7, 11) is 5.62. The first-order chi connectivity index (χ1) is 13.9. The lowest BCUT2D eigenvalue weighted by atomic mass is 9.77. The molecular formula is C21H35N5O3. The Morgan fingerprint density at radius 3 is 2.59 bits per heavy atom. The van der Waals surface area contributed by atoms with E-state index >= 15 is 0 Å². The molecular weight excluding hydrogens is 370 g/mol. The second-order valence-electron chi connectivity index (χ2n) is 9.55. The summed E-state index contributed by atoms with van der Waals surface area (Å²) in [5.74, 6) is 1.15. The quantitative estimate of drug-likeness (QED) is 0.798. The lowest BCUT2D eigenvalue weighted by Gasteiger charge is -2.36. The lowest BCUT2D eigenvalue weighted by Crippen LogP contribution is -2.38. The summed E-state index contributed by atoms with van der Waals surface area (Å²) in [5.41, 5.74) is -0.137. The molecule has 0 spiro atoms. The van der Waals surface area contributed by atoms with Crippen LogP contribution in [0.3, 0.4) is 0 Å². The fourth-order valence-electron chi connectivity index (χ4n) is 5.54. The molecule has 162 valence electrons. The highest BCUT2D eigenvalue weighted by Crippen LogP contribution is 2.43. The third-order valence-electron chi connectivity index (χ3n) is 7.20. The van der Waals surface area contributed by atoms with Crippen LogP contribution < -0.4 is 0 Å². The van der Waals surface area contributed by atoms with Gasteiger partial charge in [-0.05, 0) is 51.6 Å². The van der Waals surface area contributed by atoms with Crippen LogP contribution in [0, 0.1) is 11.8 Å². The minimum atomic E-state index is -0.834. The number of fused-ring (bicyclic) bond motifs is 1. The maximum absolute atomic E-state index is 12.5. The van der Waals surface area contributed by atoms with Crippen LogP contribution in [-0.2, 0) is 15.1 Å². The van der Waals surface area contributed by atoms with Gasteiger partial charge in [0, 0.05) is 20.2 Å². The molecule has 4 atom stereocenters. The fraction of sp³-hybridized carbons (Fsp3) is 0.857. The third-order valence-corrected chi connectivity index (χ3v) is 7.20. The maximum atomic E-state index is 12.5. The van der Waals surface area contributed by atoms with E-state index in [1.165, 1.54) is 6.42 Å². The zero-order valence-corrected chi connectivity index (χ0v) is 18.0. The summed E-state index contributed by atoms with van der Waals surface area (Å²) < 4.78 is 7.76. The van der Waals surface area contributed by atoms with Crippen molar-refractivity contribution in [3.05, 3.63) is 11.9 Å². The molecule has 1 aromatic rings. The Balaban J connectivity index is 1.47. The second kappa shape index (κ2) is 8.32. The number of amides is 1. The van der Waals surface area contributed by atoms with Crippen LogP contribution in [0.25, 0.3) is 0 Å². The standard InChI is InChI=1S/C21H35N5O3/c1-24(2)14-20(27)25-11-15-9-17(18(29-3)10-16(15)12-25)26-13-19(22-23-26)21(28)7-5-4-6-8-21/h13,15-18,28H,4-12,14H2,1-3H3/t15-,16+,17-,18-/m1/s1. The van der Waals surface area contributed by atoms with Crippen LogP contribution in [0.2, 0.25) is 0 Å². The van der Waals surface area contributed by atoms with E-state index in [1.54, 1.807) is 7.11 Å². The molecule has 2 saturated carbocycles. The van der Waals surface area contributed by atoms with Gasteiger partial charge in [0.2, 0.25) is 5.91 Å². The predicted octanol–water partition coefficient (Wildman–Crippen LogP) is 1.42. The van der Waals surface area contributed by atoms with Gasteiger partial charge in [-0.3, -0.25) is 4.79 Å². The molecule has 2 aliphatic carbocycles. The Kier molecular flexibility index (Phi) is 5.95. The second-order valence-corrected chi connectivity index (χ2v) is 9.55. The number of methoxy groups -OCH3 is 1. The minimum Gasteiger partial charge on any atom is -0.383 e. The Hall–Kier alpha value is -1.51. The molecule has 1 aromatic heterocycles. The van der Waals surface area contributed by atoms with Crippen LogP contribution >= 0.6 is 0 Å². The monoisotopic (exact) mass is 405 g/mol. The van der Waals surface area contributed by atoms with Crippen LogP contribution in [0.1, 0.15) is 56.7 Å². The van der Waals surface area contributed by atoms with E-state index in [4.69, 9.17) is 4.74 Å². The summed E-state index contributed by atoms with van der Waals surface area (Å²) in [4.78, 5) is 16.5. The van der Waals surface area contributed by atoms with Gasteiger partial charge in [0.05, 0.1) is 24.9 Å². The summed E-state index contributed by atoms with van der Waals surface area (Å²) in [6.07, 6.45) is 8.61. The molecule has 2 heterocycles. The molecule has 0 bridgehead atoms. The molecule has 1 amide bonds. The molecule has 1 saturated heterocycles. The molecule has 4 rings (SSSR count). The van der Waals surface area contributed by atoms with Gasteiger partial charge < -0.3 is 19.6 Å². The first-order valence-corrected chi connectivity index (χ1v) is 11.0. The number of hydrogen-bond acceptors (Lipinski definition) is 6. The number of nitrogens with zero attached hydrogens (tertiary/aromatic N) is 5. The van der Waals surface area contributed by atoms with Crippen LogP contribution in [-0.4, -0.2) is 82.8 Å². The Morgan fingerprint density at radius 1 is 1.24 bits per heavy atom. The number of ether oxygens (including phenoxy) is 1. The van der Waals surface area contributed by atoms with E-state index in [2.05, 4.69) is 10.3 Å². The van der Waals surface area contributed by atoms with Crippen molar-refractivity contribution in [2.75, 3.05) is 40.8 Å². The average Bonchev–Trinajstić information content (AvgIpc) is 3.34. The number of hydrogen-bond donors (Lipinski definition) is 1. The number of likely N-dealkylation sites (tertiary alicyclic amines) is 1. The SMILES string of the molecule is CO[C@@H]1C[C@H]2CN(C(=O)CN(C)C)C[C@H]2C[C@H]1n1cc(C2(O)CCCCC2)nn1. The smallest absolute Gasteiger partial charge is 0.236 e. The van der Waals surface area contributed by atoms with Gasteiger partial charge in [-0.15, -0.1) is 5.10 Å². The van der Waals surface area contributed by atoms with Gasteiger partial charge in [-0.25, -0.2) is 4.68 Å². The largest absolute Gasteiger partial charge is 0.383 e.